The van der Waals surface area contributed by atoms with Crippen molar-refractivity contribution in [1.29, 1.82) is 0 Å². The highest BCUT2D eigenvalue weighted by Gasteiger charge is 2.39. The third-order valence-electron chi connectivity index (χ3n) is 3.90. The Bertz CT molecular complexity index is 880. The average Bonchev–Trinajstić information content (AvgIpc) is 2.51. The normalized spacial score (nSPS) is 20.8. The smallest absolute Gasteiger partial charge is 0.269 e. The van der Waals surface area contributed by atoms with Crippen molar-refractivity contribution in [3.63, 3.8) is 0 Å². The molecule has 0 saturated heterocycles. The molecule has 1 atom stereocenters. The molecule has 23 heavy (non-hydrogen) atoms. The molecule has 0 saturated carbocycles. The summed E-state index contributed by atoms with van der Waals surface area (Å²) in [4.78, 5) is 24.7. The molecule has 0 spiro atoms. The fourth-order valence-corrected chi connectivity index (χ4v) is 4.14. The number of rotatable bonds is 5. The zero-order valence-corrected chi connectivity index (χ0v) is 14.6. The molecule has 1 aromatic heterocycles. The van der Waals surface area contributed by atoms with E-state index in [1.54, 1.807) is 31.2 Å². The first-order valence-corrected chi connectivity index (χ1v) is 9.20. The van der Waals surface area contributed by atoms with Crippen LogP contribution in [-0.4, -0.2) is 27.6 Å². The van der Waals surface area contributed by atoms with Crippen LogP contribution in [-0.2, 0) is 16.6 Å². The molecule has 1 aromatic rings. The van der Waals surface area contributed by atoms with Crippen LogP contribution in [0.15, 0.2) is 40.1 Å². The lowest BCUT2D eigenvalue weighted by atomic mass is 10.0. The predicted molar refractivity (Wildman–Crippen MR) is 90.7 cm³/mol. The zero-order valence-electron chi connectivity index (χ0n) is 13.0. The highest BCUT2D eigenvalue weighted by molar-refractivity contribution is 7.91. The lowest BCUT2D eigenvalue weighted by Crippen LogP contribution is -2.48. The van der Waals surface area contributed by atoms with E-state index >= 15 is 0 Å². The Morgan fingerprint density at radius 3 is 2.57 bits per heavy atom. The van der Waals surface area contributed by atoms with Gasteiger partial charge in [-0.3, -0.25) is 9.36 Å². The van der Waals surface area contributed by atoms with E-state index in [1.807, 2.05) is 0 Å². The lowest BCUT2D eigenvalue weighted by molar-refractivity contribution is 0.536. The van der Waals surface area contributed by atoms with Gasteiger partial charge in [-0.15, -0.1) is 11.6 Å². The number of aryl methyl sites for hydroxylation is 1. The summed E-state index contributed by atoms with van der Waals surface area (Å²) in [5.74, 6) is 0.276. The topological polar surface area (TPSA) is 78.1 Å². The van der Waals surface area contributed by atoms with Gasteiger partial charge in [0.1, 0.15) is 4.75 Å². The number of alkyl halides is 1. The van der Waals surface area contributed by atoms with Crippen molar-refractivity contribution in [3.05, 3.63) is 56.9 Å². The van der Waals surface area contributed by atoms with E-state index in [4.69, 9.17) is 11.6 Å². The fraction of sp³-hybridized carbons (Fsp3) is 0.467. The first-order valence-electron chi connectivity index (χ1n) is 7.23. The van der Waals surface area contributed by atoms with Crippen molar-refractivity contribution >= 4 is 21.6 Å². The molecule has 0 bridgehead atoms. The highest BCUT2D eigenvalue weighted by Crippen LogP contribution is 2.27. The quantitative estimate of drug-likeness (QED) is 0.745. The van der Waals surface area contributed by atoms with Crippen molar-refractivity contribution in [2.24, 2.45) is 0 Å². The van der Waals surface area contributed by atoms with Gasteiger partial charge in [0, 0.05) is 24.2 Å². The summed E-state index contributed by atoms with van der Waals surface area (Å²) in [5.41, 5.74) is -1.15. The minimum absolute atomic E-state index is 0.0881. The molecule has 0 amide bonds. The van der Waals surface area contributed by atoms with E-state index in [0.717, 1.165) is 10.8 Å². The van der Waals surface area contributed by atoms with E-state index in [0.29, 0.717) is 10.4 Å². The molecular formula is C15H19ClN2O4S. The van der Waals surface area contributed by atoms with Crippen molar-refractivity contribution in [1.82, 2.24) is 8.54 Å². The predicted octanol–water partition coefficient (Wildman–Crippen LogP) is 1.40. The van der Waals surface area contributed by atoms with E-state index in [9.17, 15) is 18.0 Å². The van der Waals surface area contributed by atoms with E-state index in [2.05, 4.69) is 0 Å². The van der Waals surface area contributed by atoms with Crippen molar-refractivity contribution in [2.45, 2.75) is 38.0 Å². The monoisotopic (exact) mass is 358 g/mol. The van der Waals surface area contributed by atoms with Gasteiger partial charge in [-0.25, -0.2) is 13.2 Å². The van der Waals surface area contributed by atoms with Crippen LogP contribution in [0.1, 0.15) is 25.3 Å². The van der Waals surface area contributed by atoms with Gasteiger partial charge in [0.2, 0.25) is 0 Å². The first-order chi connectivity index (χ1) is 10.7. The number of hydrogen-bond acceptors (Lipinski definition) is 4. The Morgan fingerprint density at radius 2 is 2.00 bits per heavy atom. The van der Waals surface area contributed by atoms with Gasteiger partial charge in [-0.2, -0.15) is 3.97 Å². The maximum atomic E-state index is 13.0. The van der Waals surface area contributed by atoms with Gasteiger partial charge in [0.15, 0.2) is 0 Å². The van der Waals surface area contributed by atoms with Crippen molar-refractivity contribution < 1.29 is 8.42 Å². The Labute approximate surface area is 139 Å². The maximum absolute atomic E-state index is 13.0. The molecular weight excluding hydrogens is 340 g/mol. The van der Waals surface area contributed by atoms with Crippen LogP contribution in [0.4, 0.5) is 0 Å². The number of nitrogens with zero attached hydrogens (tertiary/aromatic N) is 2. The van der Waals surface area contributed by atoms with Gasteiger partial charge in [0.05, 0.1) is 0 Å². The molecule has 0 aromatic carbocycles. The van der Waals surface area contributed by atoms with Crippen LogP contribution >= 0.6 is 11.6 Å². The largest absolute Gasteiger partial charge is 0.344 e. The Balaban J connectivity index is 2.66. The third-order valence-corrected chi connectivity index (χ3v) is 6.42. The van der Waals surface area contributed by atoms with Crippen LogP contribution in [0.5, 0.6) is 0 Å². The summed E-state index contributed by atoms with van der Waals surface area (Å²) < 4.78 is 26.3. The Kier molecular flexibility index (Phi) is 5.01. The second kappa shape index (κ2) is 6.49. The van der Waals surface area contributed by atoms with Crippen LogP contribution in [0.2, 0.25) is 0 Å². The summed E-state index contributed by atoms with van der Waals surface area (Å²) in [6, 6.07) is 0. The molecule has 1 aliphatic rings. The lowest BCUT2D eigenvalue weighted by Gasteiger charge is -2.27. The fourth-order valence-electron chi connectivity index (χ4n) is 2.42. The van der Waals surface area contributed by atoms with Crippen LogP contribution in [0, 0.1) is 6.92 Å². The first kappa shape index (κ1) is 17.7. The minimum atomic E-state index is -4.01. The second-order valence-corrected chi connectivity index (χ2v) is 8.35. The molecule has 0 fully saturated rings. The molecule has 8 heteroatoms. The molecule has 6 nitrogen and oxygen atoms in total. The van der Waals surface area contributed by atoms with Gasteiger partial charge < -0.3 is 0 Å². The number of allylic oxidation sites excluding steroid dienone is 3. The summed E-state index contributed by atoms with van der Waals surface area (Å²) in [5, 5.41) is 0. The van der Waals surface area contributed by atoms with Crippen molar-refractivity contribution in [3.8, 4) is 0 Å². The molecule has 1 aliphatic carbocycles. The number of aromatic nitrogens is 2. The molecule has 1 unspecified atom stereocenters. The molecule has 0 aliphatic heterocycles. The van der Waals surface area contributed by atoms with Crippen LogP contribution in [0.3, 0.4) is 0 Å². The summed E-state index contributed by atoms with van der Waals surface area (Å²) in [7, 11) is -4.01. The molecule has 2 rings (SSSR count). The van der Waals surface area contributed by atoms with Gasteiger partial charge >= 0.3 is 5.69 Å². The molecule has 0 radical (unpaired) electrons. The SMILES string of the molecule is Cc1cn(S(=O)(=O)C2(C)C=CC=CC2)c(=O)n(CCCCl)c1=O. The van der Waals surface area contributed by atoms with E-state index in [-0.39, 0.29) is 24.4 Å². The molecule has 1 heterocycles. The van der Waals surface area contributed by atoms with E-state index in [1.165, 1.54) is 6.92 Å². The summed E-state index contributed by atoms with van der Waals surface area (Å²) in [6.45, 7) is 3.13. The van der Waals surface area contributed by atoms with E-state index < -0.39 is 26.0 Å². The zero-order chi connectivity index (χ0) is 17.3. The average molecular weight is 359 g/mol. The molecule has 126 valence electrons. The number of hydrogen-bond donors (Lipinski definition) is 0. The van der Waals surface area contributed by atoms with Crippen molar-refractivity contribution in [2.75, 3.05) is 5.88 Å². The summed E-state index contributed by atoms with van der Waals surface area (Å²) >= 11 is 5.61. The van der Waals surface area contributed by atoms with Crippen LogP contribution < -0.4 is 11.2 Å². The van der Waals surface area contributed by atoms with Gasteiger partial charge in [-0.1, -0.05) is 24.3 Å². The van der Waals surface area contributed by atoms with Gasteiger partial charge in [-0.05, 0) is 26.7 Å². The minimum Gasteiger partial charge on any atom is -0.269 e. The standard InChI is InChI=1S/C15H19ClN2O4S/c1-12-11-18(14(20)17(13(12)19)10-6-9-16)23(21,22)15(2)7-4-3-5-8-15/h3-5,7,11H,6,8-10H2,1-2H3. The summed E-state index contributed by atoms with van der Waals surface area (Å²) in [6.07, 6.45) is 8.46. The Hall–Kier alpha value is -1.60. The second-order valence-electron chi connectivity index (χ2n) is 5.70. The third kappa shape index (κ3) is 3.07. The van der Waals surface area contributed by atoms with Gasteiger partial charge in [0.25, 0.3) is 15.6 Å². The maximum Gasteiger partial charge on any atom is 0.344 e. The molecule has 0 N–H and O–H groups in total. The number of halogens is 1. The highest BCUT2D eigenvalue weighted by atomic mass is 35.5. The van der Waals surface area contributed by atoms with Crippen LogP contribution in [0.25, 0.3) is 0 Å². The Morgan fingerprint density at radius 1 is 1.30 bits per heavy atom.